The summed E-state index contributed by atoms with van der Waals surface area (Å²) in [6.45, 7) is 1.11. The van der Waals surface area contributed by atoms with E-state index >= 15 is 0 Å². The Kier molecular flexibility index (Phi) is 4.71. The first-order chi connectivity index (χ1) is 10.8. The van der Waals surface area contributed by atoms with Crippen LogP contribution >= 0.6 is 0 Å². The molecule has 0 bridgehead atoms. The van der Waals surface area contributed by atoms with E-state index in [0.717, 1.165) is 29.4 Å². The highest BCUT2D eigenvalue weighted by Crippen LogP contribution is 2.24. The van der Waals surface area contributed by atoms with Crippen molar-refractivity contribution in [3.05, 3.63) is 54.4 Å². The van der Waals surface area contributed by atoms with Gasteiger partial charge < -0.3 is 14.8 Å². The standard InChI is InChI=1S/C18H20N2O2/c1-21-16-6-8-17(9-7-16)22-18-11-14(12-19-13-18)4-5-15-3-2-10-20-15/h4-9,11-13,15,20H,2-3,10H2,1H3. The van der Waals surface area contributed by atoms with Crippen LogP contribution in [0.1, 0.15) is 18.4 Å². The lowest BCUT2D eigenvalue weighted by Gasteiger charge is -2.07. The fraction of sp³-hybridized carbons (Fsp3) is 0.278. The number of nitrogens with zero attached hydrogens (tertiary/aromatic N) is 1. The number of aromatic nitrogens is 1. The van der Waals surface area contributed by atoms with Crippen LogP contribution in [0.25, 0.3) is 6.08 Å². The number of nitrogens with one attached hydrogen (secondary N) is 1. The van der Waals surface area contributed by atoms with E-state index in [4.69, 9.17) is 9.47 Å². The molecule has 1 aliphatic rings. The molecule has 1 aromatic carbocycles. The maximum atomic E-state index is 5.82. The molecule has 114 valence electrons. The van der Waals surface area contributed by atoms with E-state index in [1.807, 2.05) is 36.5 Å². The second-order valence-electron chi connectivity index (χ2n) is 5.29. The van der Waals surface area contributed by atoms with Gasteiger partial charge in [-0.2, -0.15) is 0 Å². The van der Waals surface area contributed by atoms with Gasteiger partial charge in [0.05, 0.1) is 13.3 Å². The largest absolute Gasteiger partial charge is 0.497 e. The zero-order chi connectivity index (χ0) is 15.2. The van der Waals surface area contributed by atoms with Crippen LogP contribution in [0.15, 0.2) is 48.8 Å². The summed E-state index contributed by atoms with van der Waals surface area (Å²) in [4.78, 5) is 4.24. The summed E-state index contributed by atoms with van der Waals surface area (Å²) in [5.41, 5.74) is 1.04. The molecule has 1 unspecified atom stereocenters. The second kappa shape index (κ2) is 7.09. The number of benzene rings is 1. The van der Waals surface area contributed by atoms with Gasteiger partial charge in [0.25, 0.3) is 0 Å². The summed E-state index contributed by atoms with van der Waals surface area (Å²) >= 11 is 0. The minimum Gasteiger partial charge on any atom is -0.497 e. The van der Waals surface area contributed by atoms with Gasteiger partial charge in [0, 0.05) is 12.2 Å². The lowest BCUT2D eigenvalue weighted by atomic mass is 10.2. The molecular formula is C18H20N2O2. The molecule has 2 aromatic rings. The lowest BCUT2D eigenvalue weighted by Crippen LogP contribution is -2.17. The van der Waals surface area contributed by atoms with Crippen molar-refractivity contribution in [3.8, 4) is 17.2 Å². The summed E-state index contributed by atoms with van der Waals surface area (Å²) in [5.74, 6) is 2.30. The second-order valence-corrected chi connectivity index (χ2v) is 5.29. The predicted molar refractivity (Wildman–Crippen MR) is 87.4 cm³/mol. The molecule has 0 saturated carbocycles. The zero-order valence-electron chi connectivity index (χ0n) is 12.7. The van der Waals surface area contributed by atoms with Crippen molar-refractivity contribution < 1.29 is 9.47 Å². The Morgan fingerprint density at radius 2 is 1.95 bits per heavy atom. The van der Waals surface area contributed by atoms with E-state index < -0.39 is 0 Å². The molecule has 1 fully saturated rings. The average molecular weight is 296 g/mol. The van der Waals surface area contributed by atoms with E-state index in [2.05, 4.69) is 22.5 Å². The number of rotatable bonds is 5. The van der Waals surface area contributed by atoms with Crippen molar-refractivity contribution in [2.45, 2.75) is 18.9 Å². The summed E-state index contributed by atoms with van der Waals surface area (Å²) < 4.78 is 11.0. The predicted octanol–water partition coefficient (Wildman–Crippen LogP) is 3.65. The molecule has 4 heteroatoms. The smallest absolute Gasteiger partial charge is 0.146 e. The van der Waals surface area contributed by atoms with Gasteiger partial charge in [-0.1, -0.05) is 12.2 Å². The highest BCUT2D eigenvalue weighted by atomic mass is 16.5. The van der Waals surface area contributed by atoms with Crippen LogP contribution < -0.4 is 14.8 Å². The molecule has 0 amide bonds. The SMILES string of the molecule is COc1ccc(Oc2cncc(C=CC3CCCN3)c2)cc1. The number of hydrogen-bond acceptors (Lipinski definition) is 4. The van der Waals surface area contributed by atoms with E-state index in [1.54, 1.807) is 13.3 Å². The molecule has 2 heterocycles. The molecule has 0 radical (unpaired) electrons. The van der Waals surface area contributed by atoms with Crippen molar-refractivity contribution in [3.63, 3.8) is 0 Å². The molecule has 4 nitrogen and oxygen atoms in total. The molecule has 1 N–H and O–H groups in total. The third-order valence-electron chi connectivity index (χ3n) is 3.65. The van der Waals surface area contributed by atoms with Crippen molar-refractivity contribution in [1.82, 2.24) is 10.3 Å². The molecular weight excluding hydrogens is 276 g/mol. The highest BCUT2D eigenvalue weighted by Gasteiger charge is 2.09. The van der Waals surface area contributed by atoms with E-state index in [-0.39, 0.29) is 0 Å². The molecule has 1 aliphatic heterocycles. The molecule has 1 atom stereocenters. The lowest BCUT2D eigenvalue weighted by molar-refractivity contribution is 0.412. The van der Waals surface area contributed by atoms with Gasteiger partial charge in [-0.15, -0.1) is 0 Å². The molecule has 0 spiro atoms. The van der Waals surface area contributed by atoms with Crippen molar-refractivity contribution in [1.29, 1.82) is 0 Å². The molecule has 1 aromatic heterocycles. The van der Waals surface area contributed by atoms with E-state index in [9.17, 15) is 0 Å². The fourth-order valence-corrected chi connectivity index (χ4v) is 2.47. The highest BCUT2D eigenvalue weighted by molar-refractivity contribution is 5.51. The Balaban J connectivity index is 1.67. The van der Waals surface area contributed by atoms with Crippen LogP contribution in [0.3, 0.4) is 0 Å². The minimum absolute atomic E-state index is 0.478. The maximum Gasteiger partial charge on any atom is 0.146 e. The number of ether oxygens (including phenoxy) is 2. The fourth-order valence-electron chi connectivity index (χ4n) is 2.47. The topological polar surface area (TPSA) is 43.4 Å². The Morgan fingerprint density at radius 1 is 1.14 bits per heavy atom. The number of methoxy groups -OCH3 is 1. The third kappa shape index (κ3) is 3.86. The zero-order valence-corrected chi connectivity index (χ0v) is 12.7. The Bertz CT molecular complexity index is 632. The van der Waals surface area contributed by atoms with E-state index in [0.29, 0.717) is 6.04 Å². The van der Waals surface area contributed by atoms with Crippen LogP contribution in [0.4, 0.5) is 0 Å². The first-order valence-corrected chi connectivity index (χ1v) is 7.52. The maximum absolute atomic E-state index is 5.82. The quantitative estimate of drug-likeness (QED) is 0.914. The van der Waals surface area contributed by atoms with Gasteiger partial charge in [0.1, 0.15) is 17.2 Å². The van der Waals surface area contributed by atoms with Crippen LogP contribution in [0.5, 0.6) is 17.2 Å². The van der Waals surface area contributed by atoms with Crippen LogP contribution in [0, 0.1) is 0 Å². The average Bonchev–Trinajstić information content (AvgIpc) is 3.08. The van der Waals surface area contributed by atoms with Crippen LogP contribution in [0.2, 0.25) is 0 Å². The number of hydrogen-bond donors (Lipinski definition) is 1. The number of pyridine rings is 1. The Hall–Kier alpha value is -2.33. The van der Waals surface area contributed by atoms with Gasteiger partial charge in [0.2, 0.25) is 0 Å². The van der Waals surface area contributed by atoms with Gasteiger partial charge >= 0.3 is 0 Å². The van der Waals surface area contributed by atoms with E-state index in [1.165, 1.54) is 12.8 Å². The molecule has 3 rings (SSSR count). The van der Waals surface area contributed by atoms with Crippen LogP contribution in [-0.2, 0) is 0 Å². The summed E-state index contributed by atoms with van der Waals surface area (Å²) in [5, 5.41) is 3.44. The molecule has 22 heavy (non-hydrogen) atoms. The molecule has 0 aliphatic carbocycles. The van der Waals surface area contributed by atoms with Crippen molar-refractivity contribution in [2.75, 3.05) is 13.7 Å². The molecule has 1 saturated heterocycles. The minimum atomic E-state index is 0.478. The van der Waals surface area contributed by atoms with Crippen molar-refractivity contribution >= 4 is 6.08 Å². The Morgan fingerprint density at radius 3 is 2.68 bits per heavy atom. The Labute approximate surface area is 130 Å². The van der Waals surface area contributed by atoms with Crippen LogP contribution in [-0.4, -0.2) is 24.7 Å². The van der Waals surface area contributed by atoms with Gasteiger partial charge in [-0.3, -0.25) is 4.98 Å². The normalized spacial score (nSPS) is 17.8. The third-order valence-corrected chi connectivity index (χ3v) is 3.65. The van der Waals surface area contributed by atoms with Gasteiger partial charge in [0.15, 0.2) is 0 Å². The monoisotopic (exact) mass is 296 g/mol. The van der Waals surface area contributed by atoms with Crippen molar-refractivity contribution in [2.24, 2.45) is 0 Å². The summed E-state index contributed by atoms with van der Waals surface area (Å²) in [7, 11) is 1.65. The summed E-state index contributed by atoms with van der Waals surface area (Å²) in [6.07, 6.45) is 10.3. The first kappa shape index (κ1) is 14.6. The van der Waals surface area contributed by atoms with Gasteiger partial charge in [-0.25, -0.2) is 0 Å². The van der Waals surface area contributed by atoms with Gasteiger partial charge in [-0.05, 0) is 55.3 Å². The first-order valence-electron chi connectivity index (χ1n) is 7.52. The summed E-state index contributed by atoms with van der Waals surface area (Å²) in [6, 6.07) is 9.97.